The van der Waals surface area contributed by atoms with Crippen LogP contribution in [0, 0.1) is 0 Å². The summed E-state index contributed by atoms with van der Waals surface area (Å²) < 4.78 is 5.47. The minimum Gasteiger partial charge on any atom is -0.492 e. The van der Waals surface area contributed by atoms with Gasteiger partial charge in [-0.2, -0.15) is 0 Å². The number of pyridine rings is 2. The van der Waals surface area contributed by atoms with E-state index in [1.165, 1.54) is 0 Å². The average Bonchev–Trinajstić information content (AvgIpc) is 3.18. The maximum atomic E-state index is 12.6. The number of rotatable bonds is 7. The summed E-state index contributed by atoms with van der Waals surface area (Å²) in [6.07, 6.45) is 5.81. The molecule has 30 heavy (non-hydrogen) atoms. The second-order valence-electron chi connectivity index (χ2n) is 7.47. The Labute approximate surface area is 174 Å². The Kier molecular flexibility index (Phi) is 5.78. The summed E-state index contributed by atoms with van der Waals surface area (Å²) in [5.41, 5.74) is 6.77. The minimum absolute atomic E-state index is 0.164. The lowest BCUT2D eigenvalue weighted by atomic mass is 10.0. The maximum absolute atomic E-state index is 12.6. The van der Waals surface area contributed by atoms with Crippen molar-refractivity contribution in [2.75, 3.05) is 37.7 Å². The van der Waals surface area contributed by atoms with E-state index in [-0.39, 0.29) is 12.5 Å². The van der Waals surface area contributed by atoms with Crippen molar-refractivity contribution in [3.63, 3.8) is 0 Å². The van der Waals surface area contributed by atoms with Crippen molar-refractivity contribution in [3.8, 4) is 5.75 Å². The summed E-state index contributed by atoms with van der Waals surface area (Å²) in [4.78, 5) is 23.2. The third-order valence-electron chi connectivity index (χ3n) is 5.25. The first-order valence-electron chi connectivity index (χ1n) is 9.95. The first-order chi connectivity index (χ1) is 14.6. The van der Waals surface area contributed by atoms with Crippen LogP contribution in [0.4, 0.5) is 5.69 Å². The molecule has 1 amide bonds. The summed E-state index contributed by atoms with van der Waals surface area (Å²) in [6, 6.07) is 10.7. The number of ether oxygens (including phenoxy) is 1. The molecule has 1 aliphatic heterocycles. The fourth-order valence-corrected chi connectivity index (χ4v) is 3.71. The molecule has 1 saturated heterocycles. The van der Waals surface area contributed by atoms with E-state index in [9.17, 15) is 9.90 Å². The quantitative estimate of drug-likeness (QED) is 0.542. The lowest BCUT2D eigenvalue weighted by molar-refractivity contribution is 0.0576. The zero-order chi connectivity index (χ0) is 21.0. The highest BCUT2D eigenvalue weighted by Crippen LogP contribution is 2.31. The first kappa shape index (κ1) is 20.1. The van der Waals surface area contributed by atoms with Gasteiger partial charge in [-0.25, -0.2) is 0 Å². The number of hydrogen-bond donors (Lipinski definition) is 3. The van der Waals surface area contributed by atoms with Crippen molar-refractivity contribution >= 4 is 22.5 Å². The summed E-state index contributed by atoms with van der Waals surface area (Å²) in [7, 11) is 0. The van der Waals surface area contributed by atoms with Gasteiger partial charge in [0, 0.05) is 61.4 Å². The molecule has 0 saturated carbocycles. The fraction of sp³-hybridized carbons (Fsp3) is 0.318. The molecule has 0 spiro atoms. The van der Waals surface area contributed by atoms with Crippen molar-refractivity contribution in [2.24, 2.45) is 5.73 Å². The number of amides is 1. The van der Waals surface area contributed by atoms with E-state index in [1.54, 1.807) is 42.9 Å². The predicted octanol–water partition coefficient (Wildman–Crippen LogP) is 1.34. The lowest BCUT2D eigenvalue weighted by Crippen LogP contribution is -2.45. The van der Waals surface area contributed by atoms with Gasteiger partial charge in [-0.05, 0) is 36.8 Å². The van der Waals surface area contributed by atoms with Gasteiger partial charge in [0.1, 0.15) is 18.0 Å². The summed E-state index contributed by atoms with van der Waals surface area (Å²) >= 11 is 0. The molecule has 1 unspecified atom stereocenters. The van der Waals surface area contributed by atoms with E-state index >= 15 is 0 Å². The molecule has 156 valence electrons. The van der Waals surface area contributed by atoms with E-state index in [0.29, 0.717) is 44.0 Å². The Bertz CT molecular complexity index is 1040. The van der Waals surface area contributed by atoms with Crippen LogP contribution in [0.3, 0.4) is 0 Å². The molecule has 2 aromatic heterocycles. The van der Waals surface area contributed by atoms with Crippen LogP contribution in [0.25, 0.3) is 10.9 Å². The second-order valence-corrected chi connectivity index (χ2v) is 7.47. The number of benzene rings is 1. The molecule has 1 aliphatic rings. The van der Waals surface area contributed by atoms with Gasteiger partial charge in [-0.1, -0.05) is 6.07 Å². The van der Waals surface area contributed by atoms with E-state index in [0.717, 1.165) is 16.6 Å². The number of fused-ring (bicyclic) bond motifs is 1. The van der Waals surface area contributed by atoms with Crippen LogP contribution in [0.1, 0.15) is 16.8 Å². The Balaban J connectivity index is 1.40. The standard InChI is InChI=1S/C22H25N5O3/c23-7-11-30-17-3-1-2-16(12-17)21(28)26-14-22(29)6-10-27(15-22)20-5-9-25-19-4-8-24-13-18(19)20/h1-5,8-9,12-13,29H,6-7,10-11,14-15,23H2,(H,26,28). The SMILES string of the molecule is NCCOc1cccc(C(=O)NCC2(O)CCN(c3ccnc4ccncc34)C2)c1. The number of anilines is 1. The smallest absolute Gasteiger partial charge is 0.251 e. The molecule has 1 aromatic carbocycles. The van der Waals surface area contributed by atoms with E-state index in [1.807, 2.05) is 12.1 Å². The Hall–Kier alpha value is -3.23. The first-order valence-corrected chi connectivity index (χ1v) is 9.95. The molecule has 4 rings (SSSR count). The maximum Gasteiger partial charge on any atom is 0.251 e. The van der Waals surface area contributed by atoms with Crippen molar-refractivity contribution < 1.29 is 14.6 Å². The number of β-amino-alcohol motifs (C(OH)–C–C–N with tert-alkyl or cyclic N) is 1. The number of aliphatic hydroxyl groups is 1. The number of aromatic nitrogens is 2. The monoisotopic (exact) mass is 407 g/mol. The highest BCUT2D eigenvalue weighted by Gasteiger charge is 2.37. The molecule has 3 aromatic rings. The van der Waals surface area contributed by atoms with E-state index < -0.39 is 5.60 Å². The van der Waals surface area contributed by atoms with Crippen LogP contribution in [0.2, 0.25) is 0 Å². The zero-order valence-electron chi connectivity index (χ0n) is 16.6. The molecule has 0 aliphatic carbocycles. The molecule has 0 bridgehead atoms. The van der Waals surface area contributed by atoms with Crippen LogP contribution in [0.15, 0.2) is 55.0 Å². The molecule has 1 atom stereocenters. The Morgan fingerprint density at radius 1 is 1.30 bits per heavy atom. The van der Waals surface area contributed by atoms with Gasteiger partial charge in [0.15, 0.2) is 0 Å². The minimum atomic E-state index is -1.01. The van der Waals surface area contributed by atoms with Crippen LogP contribution >= 0.6 is 0 Å². The number of nitrogens with two attached hydrogens (primary N) is 1. The summed E-state index contributed by atoms with van der Waals surface area (Å²) in [5.74, 6) is 0.343. The molecular weight excluding hydrogens is 382 g/mol. The lowest BCUT2D eigenvalue weighted by Gasteiger charge is -2.25. The largest absolute Gasteiger partial charge is 0.492 e. The fourth-order valence-electron chi connectivity index (χ4n) is 3.71. The van der Waals surface area contributed by atoms with E-state index in [4.69, 9.17) is 10.5 Å². The van der Waals surface area contributed by atoms with Crippen molar-refractivity contribution in [1.82, 2.24) is 15.3 Å². The molecule has 1 fully saturated rings. The van der Waals surface area contributed by atoms with Gasteiger partial charge >= 0.3 is 0 Å². The summed E-state index contributed by atoms with van der Waals surface area (Å²) in [5, 5.41) is 14.8. The zero-order valence-corrected chi connectivity index (χ0v) is 16.6. The van der Waals surface area contributed by atoms with Crippen molar-refractivity contribution in [3.05, 3.63) is 60.6 Å². The number of carbonyl (C=O) groups is 1. The van der Waals surface area contributed by atoms with Gasteiger partial charge < -0.3 is 25.8 Å². The average molecular weight is 407 g/mol. The van der Waals surface area contributed by atoms with Gasteiger partial charge in [-0.3, -0.25) is 14.8 Å². The Morgan fingerprint density at radius 3 is 3.07 bits per heavy atom. The molecule has 3 heterocycles. The highest BCUT2D eigenvalue weighted by atomic mass is 16.5. The van der Waals surface area contributed by atoms with Gasteiger partial charge in [0.05, 0.1) is 5.52 Å². The molecular formula is C22H25N5O3. The van der Waals surface area contributed by atoms with Crippen molar-refractivity contribution in [1.29, 1.82) is 0 Å². The topological polar surface area (TPSA) is 114 Å². The van der Waals surface area contributed by atoms with Crippen LogP contribution in [0.5, 0.6) is 5.75 Å². The number of nitrogens with one attached hydrogen (secondary N) is 1. The molecule has 0 radical (unpaired) electrons. The molecule has 8 nitrogen and oxygen atoms in total. The third kappa shape index (κ3) is 4.34. The van der Waals surface area contributed by atoms with Gasteiger partial charge in [0.25, 0.3) is 5.91 Å². The number of carbonyl (C=O) groups excluding carboxylic acids is 1. The van der Waals surface area contributed by atoms with Crippen LogP contribution in [-0.2, 0) is 0 Å². The van der Waals surface area contributed by atoms with Crippen LogP contribution in [-0.4, -0.2) is 59.4 Å². The number of hydrogen-bond acceptors (Lipinski definition) is 7. The van der Waals surface area contributed by atoms with Gasteiger partial charge in [-0.15, -0.1) is 0 Å². The second kappa shape index (κ2) is 8.64. The predicted molar refractivity (Wildman–Crippen MR) is 115 cm³/mol. The van der Waals surface area contributed by atoms with E-state index in [2.05, 4.69) is 20.2 Å². The normalized spacial score (nSPS) is 18.5. The summed E-state index contributed by atoms with van der Waals surface area (Å²) in [6.45, 7) is 2.06. The molecule has 4 N–H and O–H groups in total. The van der Waals surface area contributed by atoms with Gasteiger partial charge in [0.2, 0.25) is 0 Å². The van der Waals surface area contributed by atoms with Crippen molar-refractivity contribution in [2.45, 2.75) is 12.0 Å². The highest BCUT2D eigenvalue weighted by molar-refractivity contribution is 5.94. The number of nitrogens with zero attached hydrogens (tertiary/aromatic N) is 3. The Morgan fingerprint density at radius 2 is 2.20 bits per heavy atom. The van der Waals surface area contributed by atoms with Crippen LogP contribution < -0.4 is 20.7 Å². The third-order valence-corrected chi connectivity index (χ3v) is 5.25. The molecule has 8 heteroatoms.